The molecule has 0 unspecified atom stereocenters. The molecule has 5 heteroatoms. The molecule has 96 valence electrons. The lowest BCUT2D eigenvalue weighted by molar-refractivity contribution is 1.17. The number of benzene rings is 1. The summed E-state index contributed by atoms with van der Waals surface area (Å²) >= 11 is 6.93. The normalized spacial score (nSPS) is 11.1. The molecule has 2 aromatic rings. The highest BCUT2D eigenvalue weighted by Gasteiger charge is 2.06. The number of nitrogens with one attached hydrogen (secondary N) is 1. The second-order valence-corrected chi connectivity index (χ2v) is 5.12. The van der Waals surface area contributed by atoms with E-state index in [1.165, 1.54) is 0 Å². The largest absolute Gasteiger partial charge is 0.330 e. The lowest BCUT2D eigenvalue weighted by Gasteiger charge is -2.08. The van der Waals surface area contributed by atoms with Gasteiger partial charge in [-0.15, -0.1) is 11.8 Å². The van der Waals surface area contributed by atoms with E-state index in [1.54, 1.807) is 30.2 Å². The Morgan fingerprint density at radius 3 is 2.47 bits per heavy atom. The fourth-order valence-corrected chi connectivity index (χ4v) is 2.07. The van der Waals surface area contributed by atoms with Crippen LogP contribution in [-0.4, -0.2) is 20.4 Å². The van der Waals surface area contributed by atoms with Crippen molar-refractivity contribution < 1.29 is 0 Å². The maximum atomic E-state index is 5.39. The molecule has 0 aliphatic rings. The van der Waals surface area contributed by atoms with Crippen LogP contribution in [0.5, 0.6) is 0 Å². The van der Waals surface area contributed by atoms with Crippen LogP contribution in [0.2, 0.25) is 0 Å². The first-order valence-corrected chi connectivity index (χ1v) is 7.32. The highest BCUT2D eigenvalue weighted by atomic mass is 32.2. The van der Waals surface area contributed by atoms with Crippen LogP contribution < -0.4 is 5.32 Å². The smallest absolute Gasteiger partial charge is 0.226 e. The van der Waals surface area contributed by atoms with Gasteiger partial charge in [-0.1, -0.05) is 42.5 Å². The molecular formula is C14H13N3S2. The van der Waals surface area contributed by atoms with Crippen LogP contribution in [0.15, 0.2) is 55.0 Å². The highest BCUT2D eigenvalue weighted by molar-refractivity contribution is 8.24. The van der Waals surface area contributed by atoms with Crippen molar-refractivity contribution in [2.45, 2.75) is 0 Å². The monoisotopic (exact) mass is 287 g/mol. The van der Waals surface area contributed by atoms with Crippen molar-refractivity contribution in [1.82, 2.24) is 9.97 Å². The van der Waals surface area contributed by atoms with Gasteiger partial charge in [0.15, 0.2) is 0 Å². The molecule has 0 bridgehead atoms. The van der Waals surface area contributed by atoms with E-state index in [2.05, 4.69) is 15.3 Å². The third-order valence-electron chi connectivity index (χ3n) is 2.40. The van der Waals surface area contributed by atoms with Gasteiger partial charge in [0.25, 0.3) is 0 Å². The summed E-state index contributed by atoms with van der Waals surface area (Å²) in [4.78, 5) is 8.23. The number of thiocarbonyl (C=S) groups is 1. The van der Waals surface area contributed by atoms with Gasteiger partial charge in [0.05, 0.1) is 4.20 Å². The van der Waals surface area contributed by atoms with Crippen molar-refractivity contribution >= 4 is 39.7 Å². The molecule has 0 spiro atoms. The van der Waals surface area contributed by atoms with Crippen LogP contribution in [0.4, 0.5) is 5.95 Å². The Morgan fingerprint density at radius 1 is 1.16 bits per heavy atom. The maximum Gasteiger partial charge on any atom is 0.226 e. The van der Waals surface area contributed by atoms with Gasteiger partial charge >= 0.3 is 0 Å². The van der Waals surface area contributed by atoms with E-state index in [9.17, 15) is 0 Å². The van der Waals surface area contributed by atoms with Crippen LogP contribution in [-0.2, 0) is 0 Å². The molecule has 1 N–H and O–H groups in total. The minimum atomic E-state index is 0.555. The average molecular weight is 287 g/mol. The summed E-state index contributed by atoms with van der Waals surface area (Å²) in [6, 6.07) is 11.8. The maximum absolute atomic E-state index is 5.39. The minimum Gasteiger partial charge on any atom is -0.330 e. The predicted molar refractivity (Wildman–Crippen MR) is 86.2 cm³/mol. The number of aromatic nitrogens is 2. The Bertz CT molecular complexity index is 568. The Balaban J connectivity index is 2.26. The van der Waals surface area contributed by atoms with E-state index < -0.39 is 0 Å². The van der Waals surface area contributed by atoms with Gasteiger partial charge in [-0.25, -0.2) is 9.97 Å². The molecule has 0 amide bonds. The molecule has 0 saturated heterocycles. The Labute approximate surface area is 122 Å². The average Bonchev–Trinajstić information content (AvgIpc) is 2.49. The van der Waals surface area contributed by atoms with Crippen LogP contribution in [0.1, 0.15) is 5.56 Å². The lowest BCUT2D eigenvalue weighted by atomic mass is 10.1. The Kier molecular flexibility index (Phi) is 5.06. The first-order valence-electron chi connectivity index (χ1n) is 5.68. The number of anilines is 1. The molecule has 0 aliphatic heterocycles. The third kappa shape index (κ3) is 3.87. The second kappa shape index (κ2) is 7.01. The molecule has 0 saturated carbocycles. The van der Waals surface area contributed by atoms with E-state index in [1.807, 2.05) is 42.8 Å². The predicted octanol–water partition coefficient (Wildman–Crippen LogP) is 3.62. The van der Waals surface area contributed by atoms with Gasteiger partial charge in [-0.2, -0.15) is 0 Å². The molecule has 1 heterocycles. The summed E-state index contributed by atoms with van der Waals surface area (Å²) in [5.41, 5.74) is 2.04. The van der Waals surface area contributed by atoms with E-state index in [0.717, 1.165) is 15.3 Å². The first kappa shape index (κ1) is 13.7. The van der Waals surface area contributed by atoms with Gasteiger partial charge in [-0.3, -0.25) is 0 Å². The van der Waals surface area contributed by atoms with Gasteiger partial charge in [0.1, 0.15) is 0 Å². The summed E-state index contributed by atoms with van der Waals surface area (Å²) in [7, 11) is 0. The molecule has 2 rings (SSSR count). The van der Waals surface area contributed by atoms with Gasteiger partial charge in [0.2, 0.25) is 5.95 Å². The third-order valence-corrected chi connectivity index (χ3v) is 3.71. The van der Waals surface area contributed by atoms with Crippen LogP contribution in [0.25, 0.3) is 5.57 Å². The van der Waals surface area contributed by atoms with Crippen LogP contribution in [0.3, 0.4) is 0 Å². The number of rotatable bonds is 4. The van der Waals surface area contributed by atoms with Gasteiger partial charge in [0, 0.05) is 24.2 Å². The first-order chi connectivity index (χ1) is 9.31. The van der Waals surface area contributed by atoms with Crippen molar-refractivity contribution in [3.8, 4) is 0 Å². The molecule has 0 aliphatic carbocycles. The van der Waals surface area contributed by atoms with E-state index >= 15 is 0 Å². The standard InChI is InChI=1S/C14H13N3S2/c1-19-13(18)12(11-6-3-2-4-7-11)10-17-14-15-8-5-9-16-14/h2-10H,1H3,(H,15,16,17)/b12-10+. The van der Waals surface area contributed by atoms with E-state index in [-0.39, 0.29) is 0 Å². The topological polar surface area (TPSA) is 37.8 Å². The van der Waals surface area contributed by atoms with Crippen LogP contribution in [0, 0.1) is 0 Å². The zero-order chi connectivity index (χ0) is 13.5. The molecule has 3 nitrogen and oxygen atoms in total. The fourth-order valence-electron chi connectivity index (χ4n) is 1.50. The van der Waals surface area contributed by atoms with Crippen LogP contribution >= 0.6 is 24.0 Å². The van der Waals surface area contributed by atoms with E-state index in [0.29, 0.717) is 5.95 Å². The SMILES string of the molecule is CSC(=S)/C(=C/Nc1ncccn1)c1ccccc1. The molecule has 0 radical (unpaired) electrons. The van der Waals surface area contributed by atoms with Gasteiger partial charge < -0.3 is 5.32 Å². The molecule has 19 heavy (non-hydrogen) atoms. The molecule has 1 aromatic carbocycles. The Morgan fingerprint density at radius 2 is 1.84 bits per heavy atom. The molecule has 0 atom stereocenters. The Hall–Kier alpha value is -1.72. The highest BCUT2D eigenvalue weighted by Crippen LogP contribution is 2.21. The number of hydrogen-bond donors (Lipinski definition) is 1. The summed E-state index contributed by atoms with van der Waals surface area (Å²) in [6.45, 7) is 0. The van der Waals surface area contributed by atoms with Crippen molar-refractivity contribution in [2.75, 3.05) is 11.6 Å². The second-order valence-electron chi connectivity index (χ2n) is 3.63. The summed E-state index contributed by atoms with van der Waals surface area (Å²) in [5, 5.41) is 3.07. The fraction of sp³-hybridized carbons (Fsp3) is 0.0714. The zero-order valence-corrected chi connectivity index (χ0v) is 12.0. The minimum absolute atomic E-state index is 0.555. The molecular weight excluding hydrogens is 274 g/mol. The zero-order valence-electron chi connectivity index (χ0n) is 10.4. The van der Waals surface area contributed by atoms with Crippen molar-refractivity contribution in [1.29, 1.82) is 0 Å². The molecule has 0 fully saturated rings. The van der Waals surface area contributed by atoms with E-state index in [4.69, 9.17) is 12.2 Å². The van der Waals surface area contributed by atoms with Crippen molar-refractivity contribution in [2.24, 2.45) is 0 Å². The summed E-state index contributed by atoms with van der Waals surface area (Å²) < 4.78 is 0.828. The number of hydrogen-bond acceptors (Lipinski definition) is 5. The number of thioether (sulfide) groups is 1. The van der Waals surface area contributed by atoms with Crippen molar-refractivity contribution in [3.05, 3.63) is 60.6 Å². The van der Waals surface area contributed by atoms with Gasteiger partial charge in [-0.05, 0) is 17.9 Å². The number of nitrogens with zero attached hydrogens (tertiary/aromatic N) is 2. The lowest BCUT2D eigenvalue weighted by Crippen LogP contribution is -2.00. The quantitative estimate of drug-likeness (QED) is 0.687. The van der Waals surface area contributed by atoms with Crippen molar-refractivity contribution in [3.63, 3.8) is 0 Å². The summed E-state index contributed by atoms with van der Waals surface area (Å²) in [5.74, 6) is 0.555. The summed E-state index contributed by atoms with van der Waals surface area (Å²) in [6.07, 6.45) is 7.21. The molecule has 1 aromatic heterocycles.